The van der Waals surface area contributed by atoms with Crippen LogP contribution in [0.15, 0.2) is 12.2 Å². The Morgan fingerprint density at radius 1 is 1.67 bits per heavy atom. The molecule has 0 aliphatic heterocycles. The Hall–Kier alpha value is -0.870. The lowest BCUT2D eigenvalue weighted by molar-refractivity contribution is -0.122. The molecule has 3 N–H and O–H groups in total. The van der Waals surface area contributed by atoms with Crippen molar-refractivity contribution in [2.24, 2.45) is 5.73 Å². The van der Waals surface area contributed by atoms with Gasteiger partial charge in [-0.3, -0.25) is 4.79 Å². The highest BCUT2D eigenvalue weighted by Gasteiger charge is 1.92. The first-order valence-corrected chi connectivity index (χ1v) is 3.84. The highest BCUT2D eigenvalue weighted by Crippen LogP contribution is 1.80. The van der Waals surface area contributed by atoms with Gasteiger partial charge in [-0.2, -0.15) is 0 Å². The molecule has 0 rings (SSSR count). The number of hydrogen-bond acceptors (Lipinski definition) is 3. The minimum absolute atomic E-state index is 0.00521. The van der Waals surface area contributed by atoms with Crippen molar-refractivity contribution in [1.82, 2.24) is 5.32 Å². The van der Waals surface area contributed by atoms with Crippen LogP contribution in [0.3, 0.4) is 0 Å². The Kier molecular flexibility index (Phi) is 6.32. The molecule has 4 nitrogen and oxygen atoms in total. The average Bonchev–Trinajstić information content (AvgIpc) is 1.95. The fourth-order valence-electron chi connectivity index (χ4n) is 0.619. The van der Waals surface area contributed by atoms with E-state index in [1.807, 2.05) is 6.92 Å². The molecule has 0 heterocycles. The topological polar surface area (TPSA) is 64.3 Å². The summed E-state index contributed by atoms with van der Waals surface area (Å²) in [7, 11) is 0. The number of carbonyl (C=O) groups is 1. The standard InChI is InChI=1S/C8H16N2O2/c1-7(2)5-10-3-4-12-6-8(9)11/h10H,1,3-6H2,2H3,(H2,9,11). The van der Waals surface area contributed by atoms with Crippen LogP contribution < -0.4 is 11.1 Å². The van der Waals surface area contributed by atoms with Gasteiger partial charge in [-0.15, -0.1) is 0 Å². The fourth-order valence-corrected chi connectivity index (χ4v) is 0.619. The summed E-state index contributed by atoms with van der Waals surface area (Å²) in [5.41, 5.74) is 5.93. The molecule has 0 aromatic carbocycles. The Bertz CT molecular complexity index is 139. The molecule has 0 fully saturated rings. The van der Waals surface area contributed by atoms with Gasteiger partial charge in [0.05, 0.1) is 6.61 Å². The molecule has 4 heteroatoms. The van der Waals surface area contributed by atoms with Crippen molar-refractivity contribution in [2.75, 3.05) is 26.3 Å². The number of rotatable bonds is 7. The van der Waals surface area contributed by atoms with E-state index in [1.165, 1.54) is 0 Å². The summed E-state index contributed by atoms with van der Waals surface area (Å²) in [6, 6.07) is 0. The van der Waals surface area contributed by atoms with Gasteiger partial charge < -0.3 is 15.8 Å². The zero-order valence-corrected chi connectivity index (χ0v) is 7.43. The smallest absolute Gasteiger partial charge is 0.243 e. The molecule has 0 aromatic rings. The number of ether oxygens (including phenoxy) is 1. The lowest BCUT2D eigenvalue weighted by Crippen LogP contribution is -2.24. The van der Waals surface area contributed by atoms with Gasteiger partial charge in [0.25, 0.3) is 0 Å². The summed E-state index contributed by atoms with van der Waals surface area (Å²) in [6.07, 6.45) is 0. The summed E-state index contributed by atoms with van der Waals surface area (Å²) >= 11 is 0. The number of nitrogens with two attached hydrogens (primary N) is 1. The van der Waals surface area contributed by atoms with Crippen LogP contribution in [0.5, 0.6) is 0 Å². The van der Waals surface area contributed by atoms with Crippen molar-refractivity contribution in [2.45, 2.75) is 6.92 Å². The van der Waals surface area contributed by atoms with Crippen LogP contribution in [0.25, 0.3) is 0 Å². The Morgan fingerprint density at radius 2 is 2.33 bits per heavy atom. The van der Waals surface area contributed by atoms with Crippen LogP contribution >= 0.6 is 0 Å². The Balaban J connectivity index is 3.01. The fraction of sp³-hybridized carbons (Fsp3) is 0.625. The maximum atomic E-state index is 10.2. The third kappa shape index (κ3) is 9.13. The molecule has 0 aliphatic carbocycles. The maximum Gasteiger partial charge on any atom is 0.243 e. The molecule has 0 saturated carbocycles. The van der Waals surface area contributed by atoms with E-state index in [-0.39, 0.29) is 6.61 Å². The van der Waals surface area contributed by atoms with E-state index in [2.05, 4.69) is 11.9 Å². The lowest BCUT2D eigenvalue weighted by Gasteiger charge is -2.03. The second kappa shape index (κ2) is 6.82. The van der Waals surface area contributed by atoms with Gasteiger partial charge >= 0.3 is 0 Å². The molecule has 0 aliphatic rings. The molecule has 0 aromatic heterocycles. The van der Waals surface area contributed by atoms with Gasteiger partial charge in [-0.1, -0.05) is 12.2 Å². The number of nitrogens with one attached hydrogen (secondary N) is 1. The maximum absolute atomic E-state index is 10.2. The third-order valence-corrected chi connectivity index (χ3v) is 1.09. The molecule has 0 unspecified atom stereocenters. The van der Waals surface area contributed by atoms with Crippen molar-refractivity contribution in [1.29, 1.82) is 0 Å². The van der Waals surface area contributed by atoms with Gasteiger partial charge in [-0.05, 0) is 6.92 Å². The third-order valence-electron chi connectivity index (χ3n) is 1.09. The number of amides is 1. The molecule has 0 radical (unpaired) electrons. The Morgan fingerprint density at radius 3 is 2.83 bits per heavy atom. The highest BCUT2D eigenvalue weighted by molar-refractivity contribution is 5.74. The van der Waals surface area contributed by atoms with Crippen LogP contribution in [0, 0.1) is 0 Å². The second-order valence-corrected chi connectivity index (χ2v) is 2.65. The monoisotopic (exact) mass is 172 g/mol. The largest absolute Gasteiger partial charge is 0.370 e. The first kappa shape index (κ1) is 11.1. The SMILES string of the molecule is C=C(C)CNCCOCC(N)=O. The normalized spacial score (nSPS) is 9.75. The zero-order chi connectivity index (χ0) is 9.40. The zero-order valence-electron chi connectivity index (χ0n) is 7.43. The van der Waals surface area contributed by atoms with Crippen LogP contribution in [-0.2, 0) is 9.53 Å². The van der Waals surface area contributed by atoms with Crippen molar-refractivity contribution in [3.63, 3.8) is 0 Å². The average molecular weight is 172 g/mol. The summed E-state index contributed by atoms with van der Waals surface area (Å²) in [5, 5.41) is 3.08. The molecule has 0 atom stereocenters. The Labute approximate surface area is 72.8 Å². The predicted octanol–water partition coefficient (Wildman–Crippen LogP) is -0.346. The quantitative estimate of drug-likeness (QED) is 0.407. The van der Waals surface area contributed by atoms with E-state index in [0.717, 1.165) is 12.1 Å². The van der Waals surface area contributed by atoms with E-state index in [9.17, 15) is 4.79 Å². The summed E-state index contributed by atoms with van der Waals surface area (Å²) in [6.45, 7) is 7.64. The summed E-state index contributed by atoms with van der Waals surface area (Å²) in [4.78, 5) is 10.2. The molecular formula is C8H16N2O2. The van der Waals surface area contributed by atoms with Gasteiger partial charge in [0, 0.05) is 13.1 Å². The van der Waals surface area contributed by atoms with Gasteiger partial charge in [0.15, 0.2) is 0 Å². The van der Waals surface area contributed by atoms with E-state index in [1.54, 1.807) is 0 Å². The first-order chi connectivity index (χ1) is 5.63. The number of primary amides is 1. The van der Waals surface area contributed by atoms with Gasteiger partial charge in [-0.25, -0.2) is 0 Å². The van der Waals surface area contributed by atoms with Gasteiger partial charge in [0.1, 0.15) is 6.61 Å². The molecule has 0 bridgehead atoms. The molecule has 0 spiro atoms. The molecule has 12 heavy (non-hydrogen) atoms. The van der Waals surface area contributed by atoms with Crippen LogP contribution in [0.4, 0.5) is 0 Å². The van der Waals surface area contributed by atoms with Crippen molar-refractivity contribution >= 4 is 5.91 Å². The van der Waals surface area contributed by atoms with Crippen LogP contribution in [-0.4, -0.2) is 32.2 Å². The minimum atomic E-state index is -0.435. The second-order valence-electron chi connectivity index (χ2n) is 2.65. The molecule has 70 valence electrons. The predicted molar refractivity (Wildman–Crippen MR) is 47.7 cm³/mol. The van der Waals surface area contributed by atoms with Crippen LogP contribution in [0.1, 0.15) is 6.92 Å². The van der Waals surface area contributed by atoms with Crippen molar-refractivity contribution in [3.05, 3.63) is 12.2 Å². The highest BCUT2D eigenvalue weighted by atomic mass is 16.5. The number of hydrogen-bond donors (Lipinski definition) is 2. The van der Waals surface area contributed by atoms with Crippen molar-refractivity contribution < 1.29 is 9.53 Å². The first-order valence-electron chi connectivity index (χ1n) is 3.84. The van der Waals surface area contributed by atoms with E-state index >= 15 is 0 Å². The van der Waals surface area contributed by atoms with Gasteiger partial charge in [0.2, 0.25) is 5.91 Å². The minimum Gasteiger partial charge on any atom is -0.370 e. The van der Waals surface area contributed by atoms with Crippen LogP contribution in [0.2, 0.25) is 0 Å². The van der Waals surface area contributed by atoms with E-state index in [4.69, 9.17) is 10.5 Å². The molecule has 1 amide bonds. The van der Waals surface area contributed by atoms with E-state index in [0.29, 0.717) is 13.2 Å². The molecular weight excluding hydrogens is 156 g/mol. The van der Waals surface area contributed by atoms with Crippen molar-refractivity contribution in [3.8, 4) is 0 Å². The number of carbonyl (C=O) groups excluding carboxylic acids is 1. The molecule has 0 saturated heterocycles. The summed E-state index contributed by atoms with van der Waals surface area (Å²) < 4.78 is 4.91. The van der Waals surface area contributed by atoms with E-state index < -0.39 is 5.91 Å². The lowest BCUT2D eigenvalue weighted by atomic mass is 10.3. The summed E-state index contributed by atoms with van der Waals surface area (Å²) in [5.74, 6) is -0.435.